The van der Waals surface area contributed by atoms with Crippen molar-refractivity contribution in [1.82, 2.24) is 5.32 Å². The Morgan fingerprint density at radius 3 is 3.11 bits per heavy atom. The molecule has 2 aliphatic rings. The number of piperidine rings is 1. The number of aromatic hydroxyl groups is 1. The number of phenolic OH excluding ortho intramolecular Hbond substituents is 1. The molecule has 5 heteroatoms. The second-order valence-corrected chi connectivity index (χ2v) is 5.24. The summed E-state index contributed by atoms with van der Waals surface area (Å²) in [5.41, 5.74) is 0.781. The lowest BCUT2D eigenvalue weighted by molar-refractivity contribution is 0.172. The minimum atomic E-state index is 0.131. The van der Waals surface area contributed by atoms with Gasteiger partial charge in [-0.15, -0.1) is 0 Å². The molecule has 0 radical (unpaired) electrons. The number of rotatable bonds is 2. The summed E-state index contributed by atoms with van der Waals surface area (Å²) in [6.45, 7) is 2.25. The van der Waals surface area contributed by atoms with Crippen LogP contribution < -0.4 is 14.8 Å². The molecule has 2 N–H and O–H groups in total. The van der Waals surface area contributed by atoms with Crippen molar-refractivity contribution in [2.24, 2.45) is 5.92 Å². The molecule has 18 heavy (non-hydrogen) atoms. The van der Waals surface area contributed by atoms with E-state index in [1.54, 1.807) is 6.07 Å². The van der Waals surface area contributed by atoms with Crippen molar-refractivity contribution in [3.05, 3.63) is 16.7 Å². The molecule has 2 heterocycles. The average molecular weight is 270 g/mol. The molecule has 0 aromatic heterocycles. The molecule has 1 saturated heterocycles. The van der Waals surface area contributed by atoms with E-state index in [1.807, 2.05) is 0 Å². The maximum atomic E-state index is 10.1. The van der Waals surface area contributed by atoms with Crippen LogP contribution in [0.1, 0.15) is 18.4 Å². The van der Waals surface area contributed by atoms with Crippen molar-refractivity contribution < 1.29 is 14.6 Å². The van der Waals surface area contributed by atoms with E-state index >= 15 is 0 Å². The molecular formula is C13H16ClNO3. The van der Waals surface area contributed by atoms with Crippen molar-refractivity contribution in [2.75, 3.05) is 19.9 Å². The first-order valence-corrected chi connectivity index (χ1v) is 6.64. The Balaban J connectivity index is 1.90. The van der Waals surface area contributed by atoms with Crippen molar-refractivity contribution in [2.45, 2.75) is 19.3 Å². The largest absolute Gasteiger partial charge is 0.506 e. The lowest BCUT2D eigenvalue weighted by atomic mass is 9.91. The molecule has 0 spiro atoms. The molecule has 0 bridgehead atoms. The first kappa shape index (κ1) is 11.9. The van der Waals surface area contributed by atoms with Gasteiger partial charge in [-0.1, -0.05) is 11.6 Å². The Hall–Kier alpha value is -1.13. The quantitative estimate of drug-likeness (QED) is 0.865. The lowest BCUT2D eigenvalue weighted by Crippen LogP contribution is -2.30. The molecule has 1 atom stereocenters. The summed E-state index contributed by atoms with van der Waals surface area (Å²) in [5.74, 6) is 1.93. The number of halogens is 1. The molecular weight excluding hydrogens is 254 g/mol. The zero-order valence-electron chi connectivity index (χ0n) is 10.0. The van der Waals surface area contributed by atoms with Gasteiger partial charge in [0.1, 0.15) is 5.75 Å². The Labute approximate surface area is 111 Å². The number of hydrogen-bond donors (Lipinski definition) is 2. The fourth-order valence-corrected chi connectivity index (χ4v) is 2.86. The Bertz CT molecular complexity index is 458. The van der Waals surface area contributed by atoms with Gasteiger partial charge < -0.3 is 19.9 Å². The van der Waals surface area contributed by atoms with Gasteiger partial charge in [0, 0.05) is 11.6 Å². The van der Waals surface area contributed by atoms with Gasteiger partial charge in [-0.2, -0.15) is 0 Å². The van der Waals surface area contributed by atoms with Crippen LogP contribution in [0.25, 0.3) is 0 Å². The van der Waals surface area contributed by atoms with E-state index < -0.39 is 0 Å². The monoisotopic (exact) mass is 269 g/mol. The van der Waals surface area contributed by atoms with Gasteiger partial charge in [0.25, 0.3) is 0 Å². The van der Waals surface area contributed by atoms with E-state index in [0.717, 1.165) is 31.5 Å². The SMILES string of the molecule is Oc1c(Cl)cc2c(c1CC1CCCNC1)OCO2. The van der Waals surface area contributed by atoms with Crippen LogP contribution in [0.15, 0.2) is 6.07 Å². The minimum absolute atomic E-state index is 0.131. The van der Waals surface area contributed by atoms with E-state index in [4.69, 9.17) is 21.1 Å². The van der Waals surface area contributed by atoms with Gasteiger partial charge in [0.05, 0.1) is 5.02 Å². The fraction of sp³-hybridized carbons (Fsp3) is 0.538. The lowest BCUT2D eigenvalue weighted by Gasteiger charge is -2.23. The summed E-state index contributed by atoms with van der Waals surface area (Å²) >= 11 is 6.01. The summed E-state index contributed by atoms with van der Waals surface area (Å²) in [4.78, 5) is 0. The predicted octanol–water partition coefficient (Wildman–Crippen LogP) is 2.32. The molecule has 1 unspecified atom stereocenters. The maximum absolute atomic E-state index is 10.1. The van der Waals surface area contributed by atoms with Gasteiger partial charge in [0.15, 0.2) is 11.5 Å². The molecule has 1 fully saturated rings. The van der Waals surface area contributed by atoms with Crippen molar-refractivity contribution in [1.29, 1.82) is 0 Å². The fourth-order valence-electron chi connectivity index (χ4n) is 2.64. The number of nitrogens with one attached hydrogen (secondary N) is 1. The zero-order chi connectivity index (χ0) is 12.5. The number of fused-ring (bicyclic) bond motifs is 1. The molecule has 0 saturated carbocycles. The van der Waals surface area contributed by atoms with Crippen molar-refractivity contribution in [3.63, 3.8) is 0 Å². The summed E-state index contributed by atoms with van der Waals surface area (Å²) in [6, 6.07) is 1.61. The van der Waals surface area contributed by atoms with Crippen LogP contribution in [0.4, 0.5) is 0 Å². The number of ether oxygens (including phenoxy) is 2. The van der Waals surface area contributed by atoms with Crippen molar-refractivity contribution in [3.8, 4) is 17.2 Å². The van der Waals surface area contributed by atoms with Gasteiger partial charge in [-0.25, -0.2) is 0 Å². The van der Waals surface area contributed by atoms with Gasteiger partial charge >= 0.3 is 0 Å². The molecule has 98 valence electrons. The highest BCUT2D eigenvalue weighted by Crippen LogP contribution is 2.45. The predicted molar refractivity (Wildman–Crippen MR) is 68.5 cm³/mol. The van der Waals surface area contributed by atoms with E-state index in [9.17, 15) is 5.11 Å². The van der Waals surface area contributed by atoms with Gasteiger partial charge in [0.2, 0.25) is 6.79 Å². The highest BCUT2D eigenvalue weighted by Gasteiger charge is 2.26. The van der Waals surface area contributed by atoms with Crippen LogP contribution in [-0.4, -0.2) is 25.0 Å². The molecule has 1 aromatic rings. The molecule has 0 aliphatic carbocycles. The molecule has 3 rings (SSSR count). The Kier molecular flexibility index (Phi) is 3.22. The third-order valence-electron chi connectivity index (χ3n) is 3.58. The zero-order valence-corrected chi connectivity index (χ0v) is 10.8. The highest BCUT2D eigenvalue weighted by molar-refractivity contribution is 6.32. The second-order valence-electron chi connectivity index (χ2n) is 4.84. The summed E-state index contributed by atoms with van der Waals surface area (Å²) in [6.07, 6.45) is 3.10. The smallest absolute Gasteiger partial charge is 0.231 e. The van der Waals surface area contributed by atoms with E-state index in [2.05, 4.69) is 5.32 Å². The standard InChI is InChI=1S/C13H16ClNO3/c14-10-5-11-13(18-7-17-11)9(12(10)16)4-8-2-1-3-15-6-8/h5,8,15-16H,1-4,6-7H2. The van der Waals surface area contributed by atoms with Crippen LogP contribution >= 0.6 is 11.6 Å². The molecule has 4 nitrogen and oxygen atoms in total. The average Bonchev–Trinajstić information content (AvgIpc) is 2.84. The van der Waals surface area contributed by atoms with Crippen LogP contribution in [0.5, 0.6) is 17.2 Å². The topological polar surface area (TPSA) is 50.7 Å². The number of hydrogen-bond acceptors (Lipinski definition) is 4. The van der Waals surface area contributed by atoms with E-state index in [0.29, 0.717) is 22.4 Å². The number of benzene rings is 1. The third-order valence-corrected chi connectivity index (χ3v) is 3.87. The molecule has 1 aromatic carbocycles. The highest BCUT2D eigenvalue weighted by atomic mass is 35.5. The van der Waals surface area contributed by atoms with E-state index in [1.165, 1.54) is 6.42 Å². The van der Waals surface area contributed by atoms with E-state index in [-0.39, 0.29) is 12.5 Å². The minimum Gasteiger partial charge on any atom is -0.506 e. The summed E-state index contributed by atoms with van der Waals surface area (Å²) < 4.78 is 10.8. The Morgan fingerprint density at radius 2 is 2.33 bits per heavy atom. The molecule has 0 amide bonds. The van der Waals surface area contributed by atoms with Crippen LogP contribution in [0, 0.1) is 5.92 Å². The third kappa shape index (κ3) is 2.10. The first-order chi connectivity index (χ1) is 8.75. The summed E-state index contributed by atoms with van der Waals surface area (Å²) in [7, 11) is 0. The number of phenols is 1. The second kappa shape index (κ2) is 4.86. The normalized spacial score (nSPS) is 22.2. The van der Waals surface area contributed by atoms with Crippen molar-refractivity contribution >= 4 is 11.6 Å². The maximum Gasteiger partial charge on any atom is 0.231 e. The molecule has 2 aliphatic heterocycles. The van der Waals surface area contributed by atoms with Gasteiger partial charge in [-0.05, 0) is 38.3 Å². The van der Waals surface area contributed by atoms with Crippen LogP contribution in [-0.2, 0) is 6.42 Å². The summed E-state index contributed by atoms with van der Waals surface area (Å²) in [5, 5.41) is 13.8. The van der Waals surface area contributed by atoms with Gasteiger partial charge in [-0.3, -0.25) is 0 Å². The van der Waals surface area contributed by atoms with Crippen LogP contribution in [0.2, 0.25) is 5.02 Å². The first-order valence-electron chi connectivity index (χ1n) is 6.26. The van der Waals surface area contributed by atoms with Crippen LogP contribution in [0.3, 0.4) is 0 Å². The Morgan fingerprint density at radius 1 is 1.44 bits per heavy atom.